The first-order chi connectivity index (χ1) is 12.5. The number of anilines is 3. The van der Waals surface area contributed by atoms with Crippen molar-refractivity contribution in [2.75, 3.05) is 29.1 Å². The maximum Gasteiger partial charge on any atom is 0.243 e. The minimum absolute atomic E-state index is 0.0626. The van der Waals surface area contributed by atoms with E-state index in [4.69, 9.17) is 4.74 Å². The highest BCUT2D eigenvalue weighted by Gasteiger charge is 2.09. The molecule has 0 heterocycles. The van der Waals surface area contributed by atoms with Crippen LogP contribution in [0.4, 0.5) is 17.1 Å². The molecule has 0 aliphatic heterocycles. The Balaban J connectivity index is 1.96. The summed E-state index contributed by atoms with van der Waals surface area (Å²) in [5.41, 5.74) is 3.01. The monoisotopic (exact) mass is 355 g/mol. The zero-order valence-corrected chi connectivity index (χ0v) is 15.4. The number of rotatable bonds is 8. The highest BCUT2D eigenvalue weighted by Crippen LogP contribution is 2.23. The molecule has 0 radical (unpaired) electrons. The zero-order valence-electron chi connectivity index (χ0n) is 15.4. The van der Waals surface area contributed by atoms with E-state index in [1.54, 1.807) is 13.0 Å². The highest BCUT2D eigenvalue weighted by molar-refractivity contribution is 5.97. The van der Waals surface area contributed by atoms with Crippen LogP contribution in [-0.4, -0.2) is 25.0 Å². The predicted octanol–water partition coefficient (Wildman–Crippen LogP) is 3.79. The van der Waals surface area contributed by atoms with Gasteiger partial charge in [0, 0.05) is 29.5 Å². The summed E-state index contributed by atoms with van der Waals surface area (Å²) in [6, 6.07) is 12.9. The van der Waals surface area contributed by atoms with E-state index >= 15 is 0 Å². The van der Waals surface area contributed by atoms with E-state index in [0.29, 0.717) is 24.4 Å². The molecule has 0 saturated heterocycles. The smallest absolute Gasteiger partial charge is 0.243 e. The van der Waals surface area contributed by atoms with Crippen LogP contribution in [0.5, 0.6) is 5.75 Å². The molecule has 0 aliphatic carbocycles. The average Bonchev–Trinajstić information content (AvgIpc) is 2.64. The minimum atomic E-state index is -0.172. The summed E-state index contributed by atoms with van der Waals surface area (Å²) in [5.74, 6) is 0.523. The van der Waals surface area contributed by atoms with Crippen molar-refractivity contribution in [1.29, 1.82) is 0 Å². The molecule has 0 fully saturated rings. The Hall–Kier alpha value is -3.02. The third-order valence-corrected chi connectivity index (χ3v) is 3.80. The molecular weight excluding hydrogens is 330 g/mol. The summed E-state index contributed by atoms with van der Waals surface area (Å²) in [6.45, 7) is 6.30. The van der Waals surface area contributed by atoms with Gasteiger partial charge in [0.1, 0.15) is 5.75 Å². The second-order valence-corrected chi connectivity index (χ2v) is 5.74. The zero-order chi connectivity index (χ0) is 18.9. The van der Waals surface area contributed by atoms with Gasteiger partial charge in [0.15, 0.2) is 0 Å². The van der Waals surface area contributed by atoms with Crippen LogP contribution in [0.3, 0.4) is 0 Å². The van der Waals surface area contributed by atoms with Gasteiger partial charge < -0.3 is 20.7 Å². The van der Waals surface area contributed by atoms with Gasteiger partial charge in [0.2, 0.25) is 11.8 Å². The Morgan fingerprint density at radius 3 is 2.27 bits per heavy atom. The highest BCUT2D eigenvalue weighted by atomic mass is 16.5. The molecule has 0 bridgehead atoms. The first-order valence-electron chi connectivity index (χ1n) is 8.69. The normalized spacial score (nSPS) is 10.1. The Bertz CT molecular complexity index is 775. The van der Waals surface area contributed by atoms with Gasteiger partial charge in [0.05, 0.1) is 13.2 Å². The lowest BCUT2D eigenvalue weighted by atomic mass is 10.1. The number of benzene rings is 2. The second-order valence-electron chi connectivity index (χ2n) is 5.74. The maximum atomic E-state index is 12.2. The Labute approximate surface area is 153 Å². The summed E-state index contributed by atoms with van der Waals surface area (Å²) in [4.78, 5) is 23.8. The van der Waals surface area contributed by atoms with Gasteiger partial charge in [-0.25, -0.2) is 0 Å². The van der Waals surface area contributed by atoms with E-state index in [-0.39, 0.29) is 18.4 Å². The van der Waals surface area contributed by atoms with Crippen LogP contribution in [0.1, 0.15) is 25.8 Å². The molecule has 2 aromatic rings. The third kappa shape index (κ3) is 5.51. The van der Waals surface area contributed by atoms with Crippen molar-refractivity contribution in [3.05, 3.63) is 48.0 Å². The van der Waals surface area contributed by atoms with E-state index in [0.717, 1.165) is 17.0 Å². The molecule has 2 aromatic carbocycles. The first-order valence-corrected chi connectivity index (χ1v) is 8.69. The largest absolute Gasteiger partial charge is 0.494 e. The third-order valence-electron chi connectivity index (χ3n) is 3.80. The van der Waals surface area contributed by atoms with Gasteiger partial charge in [-0.1, -0.05) is 19.1 Å². The molecule has 0 spiro atoms. The van der Waals surface area contributed by atoms with E-state index in [2.05, 4.69) is 16.0 Å². The van der Waals surface area contributed by atoms with Crippen LogP contribution >= 0.6 is 0 Å². The molecule has 6 nitrogen and oxygen atoms in total. The van der Waals surface area contributed by atoms with Crippen LogP contribution in [0.25, 0.3) is 0 Å². The second kappa shape index (κ2) is 9.46. The van der Waals surface area contributed by atoms with Crippen molar-refractivity contribution in [2.45, 2.75) is 27.2 Å². The Morgan fingerprint density at radius 2 is 1.62 bits per heavy atom. The fourth-order valence-corrected chi connectivity index (χ4v) is 2.38. The first kappa shape index (κ1) is 19.3. The minimum Gasteiger partial charge on any atom is -0.494 e. The molecule has 0 aliphatic rings. The number of nitrogens with one attached hydrogen (secondary N) is 3. The van der Waals surface area contributed by atoms with Crippen molar-refractivity contribution in [1.82, 2.24) is 0 Å². The van der Waals surface area contributed by atoms with Crippen molar-refractivity contribution in [2.24, 2.45) is 0 Å². The number of hydrogen-bond donors (Lipinski definition) is 3. The lowest BCUT2D eigenvalue weighted by Crippen LogP contribution is -2.22. The Morgan fingerprint density at radius 1 is 0.962 bits per heavy atom. The number of ether oxygens (including phenoxy) is 1. The lowest BCUT2D eigenvalue weighted by molar-refractivity contribution is -0.116. The van der Waals surface area contributed by atoms with Crippen LogP contribution in [-0.2, 0) is 9.59 Å². The van der Waals surface area contributed by atoms with Crippen molar-refractivity contribution in [3.63, 3.8) is 0 Å². The van der Waals surface area contributed by atoms with Crippen molar-refractivity contribution in [3.8, 4) is 5.75 Å². The average molecular weight is 355 g/mol. The molecule has 6 heteroatoms. The van der Waals surface area contributed by atoms with Gasteiger partial charge in [-0.2, -0.15) is 0 Å². The topological polar surface area (TPSA) is 79.5 Å². The fourth-order valence-electron chi connectivity index (χ4n) is 2.38. The van der Waals surface area contributed by atoms with Gasteiger partial charge in [0.25, 0.3) is 0 Å². The van der Waals surface area contributed by atoms with E-state index in [1.807, 2.05) is 50.2 Å². The lowest BCUT2D eigenvalue weighted by Gasteiger charge is -2.14. The molecule has 0 aromatic heterocycles. The van der Waals surface area contributed by atoms with Crippen molar-refractivity contribution >= 4 is 28.9 Å². The van der Waals surface area contributed by atoms with Crippen LogP contribution in [0.2, 0.25) is 0 Å². The molecule has 138 valence electrons. The van der Waals surface area contributed by atoms with Crippen LogP contribution in [0, 0.1) is 6.92 Å². The van der Waals surface area contributed by atoms with E-state index in [9.17, 15) is 9.59 Å². The summed E-state index contributed by atoms with van der Waals surface area (Å²) >= 11 is 0. The molecule has 0 saturated carbocycles. The van der Waals surface area contributed by atoms with E-state index < -0.39 is 0 Å². The number of carbonyl (C=O) groups is 2. The van der Waals surface area contributed by atoms with Crippen LogP contribution < -0.4 is 20.7 Å². The summed E-state index contributed by atoms with van der Waals surface area (Å²) in [7, 11) is 0. The van der Waals surface area contributed by atoms with Gasteiger partial charge in [-0.15, -0.1) is 0 Å². The van der Waals surface area contributed by atoms with Crippen molar-refractivity contribution < 1.29 is 14.3 Å². The maximum absolute atomic E-state index is 12.2. The molecule has 2 rings (SSSR count). The quantitative estimate of drug-likeness (QED) is 0.673. The summed E-state index contributed by atoms with van der Waals surface area (Å²) in [5, 5.41) is 8.77. The van der Waals surface area contributed by atoms with Gasteiger partial charge >= 0.3 is 0 Å². The molecule has 26 heavy (non-hydrogen) atoms. The number of hydrogen-bond acceptors (Lipinski definition) is 4. The summed E-state index contributed by atoms with van der Waals surface area (Å²) < 4.78 is 5.44. The molecule has 3 N–H and O–H groups in total. The standard InChI is InChI=1S/C20H25N3O3/c1-4-19(24)22-17-10-7-11-18(14(17)3)23-20(25)13-21-15-8-6-9-16(12-15)26-5-2/h6-12,21H,4-5,13H2,1-3H3,(H,22,24)(H,23,25). The van der Waals surface area contributed by atoms with Gasteiger partial charge in [-0.05, 0) is 43.7 Å². The molecule has 2 amide bonds. The SMILES string of the molecule is CCOc1cccc(NCC(=O)Nc2cccc(NC(=O)CC)c2C)c1. The van der Waals surface area contributed by atoms with E-state index in [1.165, 1.54) is 0 Å². The van der Waals surface area contributed by atoms with Gasteiger partial charge in [-0.3, -0.25) is 9.59 Å². The molecule has 0 unspecified atom stereocenters. The summed E-state index contributed by atoms with van der Waals surface area (Å²) in [6.07, 6.45) is 0.404. The predicted molar refractivity (Wildman–Crippen MR) is 105 cm³/mol. The number of carbonyl (C=O) groups excluding carboxylic acids is 2. The number of amides is 2. The van der Waals surface area contributed by atoms with Crippen LogP contribution in [0.15, 0.2) is 42.5 Å². The Kier molecular flexibility index (Phi) is 7.02. The molecule has 0 atom stereocenters. The molecular formula is C20H25N3O3. The fraction of sp³-hybridized carbons (Fsp3) is 0.300.